The van der Waals surface area contributed by atoms with E-state index in [-0.39, 0.29) is 0 Å². The first kappa shape index (κ1) is 17.1. The van der Waals surface area contributed by atoms with Gasteiger partial charge in [0, 0.05) is 0 Å². The zero-order valence-corrected chi connectivity index (χ0v) is 14.5. The Hall–Kier alpha value is 0. The normalized spacial score (nSPS) is 28.1. The molecule has 19 heavy (non-hydrogen) atoms. The highest BCUT2D eigenvalue weighted by Crippen LogP contribution is 2.47. The van der Waals surface area contributed by atoms with Crippen LogP contribution < -0.4 is 0 Å². The average Bonchev–Trinajstić information content (AvgIpc) is 2.39. The third-order valence-corrected chi connectivity index (χ3v) is 6.32. The maximum absolute atomic E-state index is 2.57. The molecule has 0 amide bonds. The number of hydrogen-bond acceptors (Lipinski definition) is 0. The standard InChI is InChI=1S/C19H38/c1-7-15(3)9-12-17(8-2)19(5,6)18-13-10-16(4)11-14-18/h15-18H,7-14H2,1-6H3. The molecule has 0 heteroatoms. The van der Waals surface area contributed by atoms with Gasteiger partial charge in [0.05, 0.1) is 0 Å². The van der Waals surface area contributed by atoms with Crippen LogP contribution >= 0.6 is 0 Å². The van der Waals surface area contributed by atoms with Gasteiger partial charge >= 0.3 is 0 Å². The Morgan fingerprint density at radius 3 is 2.00 bits per heavy atom. The van der Waals surface area contributed by atoms with E-state index < -0.39 is 0 Å². The topological polar surface area (TPSA) is 0 Å². The van der Waals surface area contributed by atoms with E-state index in [1.807, 2.05) is 0 Å². The van der Waals surface area contributed by atoms with Gasteiger partial charge in [0.2, 0.25) is 0 Å². The van der Waals surface area contributed by atoms with E-state index in [9.17, 15) is 0 Å². The van der Waals surface area contributed by atoms with Crippen LogP contribution in [-0.4, -0.2) is 0 Å². The minimum absolute atomic E-state index is 0.558. The first-order valence-electron chi connectivity index (χ1n) is 8.91. The lowest BCUT2D eigenvalue weighted by molar-refractivity contribution is 0.0603. The molecule has 0 spiro atoms. The van der Waals surface area contributed by atoms with Crippen molar-refractivity contribution >= 4 is 0 Å². The van der Waals surface area contributed by atoms with Crippen molar-refractivity contribution in [1.29, 1.82) is 0 Å². The Kier molecular flexibility index (Phi) is 6.91. The second kappa shape index (κ2) is 7.70. The summed E-state index contributed by atoms with van der Waals surface area (Å²) in [7, 11) is 0. The van der Waals surface area contributed by atoms with Gasteiger partial charge in [-0.05, 0) is 48.3 Å². The molecule has 1 rings (SSSR count). The second-order valence-corrected chi connectivity index (χ2v) is 7.97. The fourth-order valence-electron chi connectivity index (χ4n) is 4.13. The van der Waals surface area contributed by atoms with Crippen molar-refractivity contribution in [2.75, 3.05) is 0 Å². The number of hydrogen-bond donors (Lipinski definition) is 0. The molecule has 0 N–H and O–H groups in total. The predicted molar refractivity (Wildman–Crippen MR) is 87.4 cm³/mol. The fraction of sp³-hybridized carbons (Fsp3) is 1.00. The summed E-state index contributed by atoms with van der Waals surface area (Å²) < 4.78 is 0. The molecule has 114 valence electrons. The summed E-state index contributed by atoms with van der Waals surface area (Å²) in [4.78, 5) is 0. The molecule has 0 saturated heterocycles. The van der Waals surface area contributed by atoms with Crippen LogP contribution in [0.5, 0.6) is 0 Å². The van der Waals surface area contributed by atoms with Gasteiger partial charge in [-0.25, -0.2) is 0 Å². The van der Waals surface area contributed by atoms with Gasteiger partial charge in [-0.1, -0.05) is 73.6 Å². The minimum Gasteiger partial charge on any atom is -0.0651 e. The lowest BCUT2D eigenvalue weighted by Crippen LogP contribution is -2.35. The average molecular weight is 267 g/mol. The lowest BCUT2D eigenvalue weighted by atomic mass is 9.61. The molecular formula is C19H38. The van der Waals surface area contributed by atoms with Crippen LogP contribution in [0.25, 0.3) is 0 Å². The van der Waals surface area contributed by atoms with Gasteiger partial charge in [-0.2, -0.15) is 0 Å². The molecule has 1 aliphatic carbocycles. The van der Waals surface area contributed by atoms with E-state index in [2.05, 4.69) is 41.5 Å². The van der Waals surface area contributed by atoms with Crippen LogP contribution in [0, 0.1) is 29.1 Å². The third-order valence-electron chi connectivity index (χ3n) is 6.32. The minimum atomic E-state index is 0.558. The third kappa shape index (κ3) is 4.80. The molecule has 1 saturated carbocycles. The summed E-state index contributed by atoms with van der Waals surface area (Å²) in [6.07, 6.45) is 11.5. The van der Waals surface area contributed by atoms with Crippen molar-refractivity contribution in [3.63, 3.8) is 0 Å². The van der Waals surface area contributed by atoms with Gasteiger partial charge in [-0.15, -0.1) is 0 Å². The van der Waals surface area contributed by atoms with Crippen LogP contribution in [-0.2, 0) is 0 Å². The van der Waals surface area contributed by atoms with Crippen LogP contribution in [0.15, 0.2) is 0 Å². The first-order valence-corrected chi connectivity index (χ1v) is 8.91. The Labute approximate surface area is 122 Å². The highest BCUT2D eigenvalue weighted by Gasteiger charge is 2.37. The summed E-state index contributed by atoms with van der Waals surface area (Å²) in [5.74, 6) is 3.80. The first-order chi connectivity index (χ1) is 8.91. The maximum Gasteiger partial charge on any atom is -0.0298 e. The maximum atomic E-state index is 2.57. The van der Waals surface area contributed by atoms with Gasteiger partial charge in [0.15, 0.2) is 0 Å². The molecule has 2 unspecified atom stereocenters. The molecule has 1 aliphatic rings. The Balaban J connectivity index is 2.56. The molecule has 0 radical (unpaired) electrons. The van der Waals surface area contributed by atoms with Gasteiger partial charge in [0.1, 0.15) is 0 Å². The van der Waals surface area contributed by atoms with Crippen molar-refractivity contribution in [2.45, 2.75) is 92.9 Å². The summed E-state index contributed by atoms with van der Waals surface area (Å²) in [5.41, 5.74) is 0.558. The van der Waals surface area contributed by atoms with Gasteiger partial charge in [0.25, 0.3) is 0 Å². The Morgan fingerprint density at radius 1 is 0.947 bits per heavy atom. The molecule has 0 aromatic rings. The SMILES string of the molecule is CCC(C)CCC(CC)C(C)(C)C1CCC(C)CC1. The van der Waals surface area contributed by atoms with Crippen molar-refractivity contribution in [2.24, 2.45) is 29.1 Å². The van der Waals surface area contributed by atoms with Gasteiger partial charge < -0.3 is 0 Å². The monoisotopic (exact) mass is 266 g/mol. The van der Waals surface area contributed by atoms with E-state index in [0.717, 1.165) is 23.7 Å². The molecular weight excluding hydrogens is 228 g/mol. The molecule has 0 nitrogen and oxygen atoms in total. The second-order valence-electron chi connectivity index (χ2n) is 7.97. The zero-order chi connectivity index (χ0) is 14.5. The summed E-state index contributed by atoms with van der Waals surface area (Å²) in [6, 6.07) is 0. The molecule has 0 aromatic carbocycles. The highest BCUT2D eigenvalue weighted by atomic mass is 14.4. The number of rotatable bonds is 7. The molecule has 0 aromatic heterocycles. The van der Waals surface area contributed by atoms with Crippen molar-refractivity contribution in [3.05, 3.63) is 0 Å². The summed E-state index contributed by atoms with van der Waals surface area (Å²) >= 11 is 0. The summed E-state index contributed by atoms with van der Waals surface area (Å²) in [5, 5.41) is 0. The lowest BCUT2D eigenvalue weighted by Gasteiger charge is -2.44. The quantitative estimate of drug-likeness (QED) is 0.481. The Morgan fingerprint density at radius 2 is 1.53 bits per heavy atom. The van der Waals surface area contributed by atoms with Crippen LogP contribution in [0.4, 0.5) is 0 Å². The van der Waals surface area contributed by atoms with E-state index in [1.165, 1.54) is 51.4 Å². The summed E-state index contributed by atoms with van der Waals surface area (Å²) in [6.45, 7) is 14.7. The molecule has 1 fully saturated rings. The fourth-order valence-corrected chi connectivity index (χ4v) is 4.13. The van der Waals surface area contributed by atoms with E-state index in [0.29, 0.717) is 5.41 Å². The van der Waals surface area contributed by atoms with Crippen LogP contribution in [0.1, 0.15) is 92.9 Å². The molecule has 0 aliphatic heterocycles. The largest absolute Gasteiger partial charge is 0.0651 e. The van der Waals surface area contributed by atoms with Crippen molar-refractivity contribution < 1.29 is 0 Å². The van der Waals surface area contributed by atoms with Crippen molar-refractivity contribution in [3.8, 4) is 0 Å². The van der Waals surface area contributed by atoms with E-state index in [1.54, 1.807) is 0 Å². The van der Waals surface area contributed by atoms with Crippen LogP contribution in [0.2, 0.25) is 0 Å². The smallest absolute Gasteiger partial charge is 0.0298 e. The molecule has 0 heterocycles. The Bertz CT molecular complexity index is 232. The van der Waals surface area contributed by atoms with E-state index in [4.69, 9.17) is 0 Å². The zero-order valence-electron chi connectivity index (χ0n) is 14.5. The van der Waals surface area contributed by atoms with E-state index >= 15 is 0 Å². The molecule has 2 atom stereocenters. The van der Waals surface area contributed by atoms with Crippen molar-refractivity contribution in [1.82, 2.24) is 0 Å². The predicted octanol–water partition coefficient (Wildman–Crippen LogP) is 6.69. The van der Waals surface area contributed by atoms with Gasteiger partial charge in [-0.3, -0.25) is 0 Å². The highest BCUT2D eigenvalue weighted by molar-refractivity contribution is 4.87. The molecule has 0 bridgehead atoms. The van der Waals surface area contributed by atoms with Crippen LogP contribution in [0.3, 0.4) is 0 Å².